The molecular formula is C13H19NO3S2. The number of carboxylic acid groups (broad SMARTS) is 1. The minimum Gasteiger partial charge on any atom is -0.481 e. The second-order valence-electron chi connectivity index (χ2n) is 4.13. The number of carbonyl (C=O) groups is 2. The second kappa shape index (κ2) is 9.86. The van der Waals surface area contributed by atoms with Crippen LogP contribution in [-0.2, 0) is 15.3 Å². The van der Waals surface area contributed by atoms with E-state index in [0.29, 0.717) is 18.7 Å². The van der Waals surface area contributed by atoms with Crippen molar-refractivity contribution in [2.24, 2.45) is 0 Å². The third kappa shape index (κ3) is 8.67. The fraction of sp³-hybridized carbons (Fsp3) is 0.538. The van der Waals surface area contributed by atoms with Crippen LogP contribution in [0.4, 0.5) is 0 Å². The van der Waals surface area contributed by atoms with Gasteiger partial charge in [-0.25, -0.2) is 0 Å². The van der Waals surface area contributed by atoms with Gasteiger partial charge in [0.2, 0.25) is 5.91 Å². The molecule has 4 nitrogen and oxygen atoms in total. The predicted molar refractivity (Wildman–Crippen MR) is 79.6 cm³/mol. The Morgan fingerprint density at radius 2 is 2.16 bits per heavy atom. The number of amides is 1. The summed E-state index contributed by atoms with van der Waals surface area (Å²) in [5.41, 5.74) is 0. The zero-order chi connectivity index (χ0) is 13.9. The number of hydrogen-bond acceptors (Lipinski definition) is 4. The lowest BCUT2D eigenvalue weighted by Crippen LogP contribution is -2.26. The maximum absolute atomic E-state index is 11.5. The first-order valence-electron chi connectivity index (χ1n) is 6.27. The molecule has 19 heavy (non-hydrogen) atoms. The van der Waals surface area contributed by atoms with Crippen LogP contribution in [0.1, 0.15) is 30.6 Å². The van der Waals surface area contributed by atoms with Gasteiger partial charge in [0.15, 0.2) is 0 Å². The van der Waals surface area contributed by atoms with Gasteiger partial charge in [-0.05, 0) is 24.3 Å². The van der Waals surface area contributed by atoms with Crippen LogP contribution in [0.2, 0.25) is 0 Å². The molecule has 0 aromatic carbocycles. The molecule has 106 valence electrons. The van der Waals surface area contributed by atoms with Crippen LogP contribution in [0.25, 0.3) is 0 Å². The fourth-order valence-electron chi connectivity index (χ4n) is 1.50. The number of rotatable bonds is 10. The molecule has 0 atom stereocenters. The van der Waals surface area contributed by atoms with E-state index < -0.39 is 5.97 Å². The summed E-state index contributed by atoms with van der Waals surface area (Å²) >= 11 is 3.32. The highest BCUT2D eigenvalue weighted by Crippen LogP contribution is 2.16. The fourth-order valence-corrected chi connectivity index (χ4v) is 3.19. The van der Waals surface area contributed by atoms with Crippen LogP contribution in [0.5, 0.6) is 0 Å². The van der Waals surface area contributed by atoms with Gasteiger partial charge in [-0.1, -0.05) is 12.5 Å². The van der Waals surface area contributed by atoms with Crippen LogP contribution in [0, 0.1) is 0 Å². The third-order valence-electron chi connectivity index (χ3n) is 2.45. The van der Waals surface area contributed by atoms with E-state index in [-0.39, 0.29) is 12.3 Å². The maximum atomic E-state index is 11.5. The van der Waals surface area contributed by atoms with Gasteiger partial charge in [-0.2, -0.15) is 0 Å². The molecule has 0 spiro atoms. The smallest absolute Gasteiger partial charge is 0.303 e. The van der Waals surface area contributed by atoms with Crippen LogP contribution in [-0.4, -0.2) is 29.3 Å². The molecule has 1 aromatic heterocycles. The number of thioether (sulfide) groups is 1. The van der Waals surface area contributed by atoms with Gasteiger partial charge >= 0.3 is 5.97 Å². The highest BCUT2D eigenvalue weighted by molar-refractivity contribution is 7.99. The van der Waals surface area contributed by atoms with Gasteiger partial charge in [-0.15, -0.1) is 23.1 Å². The number of thiophene rings is 1. The van der Waals surface area contributed by atoms with E-state index in [1.54, 1.807) is 23.1 Å². The van der Waals surface area contributed by atoms with E-state index in [1.807, 2.05) is 11.4 Å². The number of nitrogens with one attached hydrogen (secondary N) is 1. The third-order valence-corrected chi connectivity index (χ3v) is 4.49. The molecule has 0 aliphatic carbocycles. The Labute approximate surface area is 121 Å². The van der Waals surface area contributed by atoms with Gasteiger partial charge in [0.1, 0.15) is 0 Å². The zero-order valence-electron chi connectivity index (χ0n) is 10.8. The largest absolute Gasteiger partial charge is 0.481 e. The van der Waals surface area contributed by atoms with Gasteiger partial charge in [0.05, 0.1) is 5.75 Å². The number of carbonyl (C=O) groups excluding carboxylic acids is 1. The Kier molecular flexibility index (Phi) is 8.33. The van der Waals surface area contributed by atoms with Crippen LogP contribution in [0.15, 0.2) is 17.5 Å². The average Bonchev–Trinajstić information content (AvgIpc) is 2.86. The summed E-state index contributed by atoms with van der Waals surface area (Å²) in [5.74, 6) is 0.658. The van der Waals surface area contributed by atoms with E-state index in [1.165, 1.54) is 4.88 Å². The molecule has 0 fully saturated rings. The van der Waals surface area contributed by atoms with Crippen molar-refractivity contribution in [1.29, 1.82) is 0 Å². The first-order valence-corrected chi connectivity index (χ1v) is 8.30. The number of hydrogen-bond donors (Lipinski definition) is 2. The van der Waals surface area contributed by atoms with Crippen molar-refractivity contribution in [3.05, 3.63) is 22.4 Å². The van der Waals surface area contributed by atoms with Gasteiger partial charge < -0.3 is 10.4 Å². The molecule has 0 bridgehead atoms. The van der Waals surface area contributed by atoms with Crippen molar-refractivity contribution in [2.75, 3.05) is 12.3 Å². The molecule has 1 amide bonds. The van der Waals surface area contributed by atoms with Crippen molar-refractivity contribution in [2.45, 2.75) is 31.4 Å². The van der Waals surface area contributed by atoms with E-state index in [4.69, 9.17) is 5.11 Å². The molecule has 6 heteroatoms. The van der Waals surface area contributed by atoms with Crippen molar-refractivity contribution < 1.29 is 14.7 Å². The van der Waals surface area contributed by atoms with Gasteiger partial charge in [0, 0.05) is 23.6 Å². The van der Waals surface area contributed by atoms with Gasteiger partial charge in [0.25, 0.3) is 0 Å². The quantitative estimate of drug-likeness (QED) is 0.652. The molecule has 0 aliphatic rings. The molecule has 0 unspecified atom stereocenters. The average molecular weight is 301 g/mol. The maximum Gasteiger partial charge on any atom is 0.303 e. The summed E-state index contributed by atoms with van der Waals surface area (Å²) in [7, 11) is 0. The minimum atomic E-state index is -0.756. The summed E-state index contributed by atoms with van der Waals surface area (Å²) < 4.78 is 0. The summed E-state index contributed by atoms with van der Waals surface area (Å²) in [6, 6.07) is 4.08. The van der Waals surface area contributed by atoms with Crippen molar-refractivity contribution >= 4 is 35.0 Å². The summed E-state index contributed by atoms with van der Waals surface area (Å²) in [6.45, 7) is 0.637. The number of carboxylic acids is 1. The van der Waals surface area contributed by atoms with E-state index in [0.717, 1.165) is 18.6 Å². The Bertz CT molecular complexity index is 379. The predicted octanol–water partition coefficient (Wildman–Crippen LogP) is 2.74. The summed E-state index contributed by atoms with van der Waals surface area (Å²) in [4.78, 5) is 23.1. The molecular weight excluding hydrogens is 282 g/mol. The Morgan fingerprint density at radius 3 is 2.84 bits per heavy atom. The summed E-state index contributed by atoms with van der Waals surface area (Å²) in [5, 5.41) is 13.3. The highest BCUT2D eigenvalue weighted by atomic mass is 32.2. The summed E-state index contributed by atoms with van der Waals surface area (Å²) in [6.07, 6.45) is 2.58. The van der Waals surface area contributed by atoms with E-state index in [2.05, 4.69) is 11.4 Å². The molecule has 1 heterocycles. The molecule has 0 saturated carbocycles. The number of unbranched alkanes of at least 4 members (excludes halogenated alkanes) is 2. The Hall–Kier alpha value is -1.01. The van der Waals surface area contributed by atoms with E-state index >= 15 is 0 Å². The van der Waals surface area contributed by atoms with Crippen molar-refractivity contribution in [1.82, 2.24) is 5.32 Å². The Morgan fingerprint density at radius 1 is 1.32 bits per heavy atom. The molecule has 1 rings (SSSR count). The lowest BCUT2D eigenvalue weighted by molar-refractivity contribution is -0.137. The first kappa shape index (κ1) is 16.0. The van der Waals surface area contributed by atoms with E-state index in [9.17, 15) is 9.59 Å². The zero-order valence-corrected chi connectivity index (χ0v) is 12.4. The molecule has 0 aliphatic heterocycles. The van der Waals surface area contributed by atoms with Crippen LogP contribution >= 0.6 is 23.1 Å². The molecule has 2 N–H and O–H groups in total. The standard InChI is InChI=1S/C13H19NO3S2/c15-12(10-18-9-11-5-4-8-19-11)14-7-3-1-2-6-13(16)17/h4-5,8H,1-3,6-7,9-10H2,(H,14,15)(H,16,17). The molecule has 0 saturated heterocycles. The van der Waals surface area contributed by atoms with Crippen LogP contribution < -0.4 is 5.32 Å². The first-order chi connectivity index (χ1) is 9.18. The lowest BCUT2D eigenvalue weighted by Gasteiger charge is -2.04. The van der Waals surface area contributed by atoms with Crippen molar-refractivity contribution in [3.63, 3.8) is 0 Å². The molecule has 0 radical (unpaired) electrons. The van der Waals surface area contributed by atoms with Gasteiger partial charge in [-0.3, -0.25) is 9.59 Å². The molecule has 1 aromatic rings. The Balaban J connectivity index is 1.92. The minimum absolute atomic E-state index is 0.0554. The lowest BCUT2D eigenvalue weighted by atomic mass is 10.2. The van der Waals surface area contributed by atoms with Crippen LogP contribution in [0.3, 0.4) is 0 Å². The normalized spacial score (nSPS) is 10.3. The topological polar surface area (TPSA) is 66.4 Å². The second-order valence-corrected chi connectivity index (χ2v) is 6.14. The monoisotopic (exact) mass is 301 g/mol. The number of aliphatic carboxylic acids is 1. The van der Waals surface area contributed by atoms with Crippen molar-refractivity contribution in [3.8, 4) is 0 Å². The highest BCUT2D eigenvalue weighted by Gasteiger charge is 2.02. The SMILES string of the molecule is O=C(O)CCCCCNC(=O)CSCc1cccs1.